The van der Waals surface area contributed by atoms with Crippen molar-refractivity contribution in [3.63, 3.8) is 0 Å². The number of thiophene rings is 1. The van der Waals surface area contributed by atoms with Crippen LogP contribution in [0.3, 0.4) is 0 Å². The molecule has 3 heterocycles. The van der Waals surface area contributed by atoms with Crippen LogP contribution in [0, 0.1) is 0 Å². The van der Waals surface area contributed by atoms with E-state index in [0.717, 1.165) is 39.2 Å². The molecule has 8 aromatic carbocycles. The first-order valence-corrected chi connectivity index (χ1v) is 20.0. The van der Waals surface area contributed by atoms with Crippen molar-refractivity contribution >= 4 is 53.1 Å². The highest BCUT2D eigenvalue weighted by atomic mass is 32.1. The lowest BCUT2D eigenvalue weighted by atomic mass is 9.92. The number of rotatable bonds is 6. The first-order valence-electron chi connectivity index (χ1n) is 19.2. The molecular weight excluding hydrogens is 711 g/mol. The highest BCUT2D eigenvalue weighted by Gasteiger charge is 2.16. The lowest BCUT2D eigenvalue weighted by Gasteiger charge is -2.14. The molecule has 266 valence electrons. The van der Waals surface area contributed by atoms with Gasteiger partial charge in [-0.25, -0.2) is 9.97 Å². The third-order valence-electron chi connectivity index (χ3n) is 11.0. The Morgan fingerprint density at radius 1 is 0.333 bits per heavy atom. The Labute approximate surface area is 334 Å². The molecule has 0 aliphatic rings. The predicted molar refractivity (Wildman–Crippen MR) is 240 cm³/mol. The molecule has 0 amide bonds. The molecule has 0 saturated heterocycles. The van der Waals surface area contributed by atoms with Gasteiger partial charge >= 0.3 is 0 Å². The Morgan fingerprint density at radius 2 is 0.930 bits per heavy atom. The highest BCUT2D eigenvalue weighted by Crippen LogP contribution is 2.39. The molecule has 57 heavy (non-hydrogen) atoms. The van der Waals surface area contributed by atoms with Gasteiger partial charge in [0.15, 0.2) is 5.82 Å². The third kappa shape index (κ3) is 5.95. The van der Waals surface area contributed by atoms with Crippen LogP contribution in [0.15, 0.2) is 200 Å². The van der Waals surface area contributed by atoms with E-state index in [0.29, 0.717) is 5.82 Å². The van der Waals surface area contributed by atoms with Crippen LogP contribution in [-0.4, -0.2) is 15.0 Å². The van der Waals surface area contributed by atoms with Crippen molar-refractivity contribution < 1.29 is 0 Å². The van der Waals surface area contributed by atoms with Crippen LogP contribution in [0.2, 0.25) is 0 Å². The molecule has 0 aliphatic heterocycles. The van der Waals surface area contributed by atoms with E-state index in [9.17, 15) is 0 Å². The molecule has 0 unspecified atom stereocenters. The molecule has 0 spiro atoms. The second kappa shape index (κ2) is 13.8. The molecule has 0 fully saturated rings. The number of aromatic nitrogens is 3. The standard InChI is InChI=1S/C53H33N3S/c1-2-12-41-39(10-1)31-47(44-15-5-4-14-43(41)44)35-21-25-37(26-22-35)50-32-49(55-53(56-50)46-17-6-3-13-42(46)40-11-9-29-54-33-40)36-23-19-34(20-24-36)38-27-28-52-48(30-38)45-16-7-8-18-51(45)57-52/h1-33H. The number of benzene rings is 8. The van der Waals surface area contributed by atoms with Gasteiger partial charge in [0.1, 0.15) is 0 Å². The first-order chi connectivity index (χ1) is 28.2. The van der Waals surface area contributed by atoms with Gasteiger partial charge in [-0.1, -0.05) is 152 Å². The maximum atomic E-state index is 5.26. The van der Waals surface area contributed by atoms with E-state index >= 15 is 0 Å². The Morgan fingerprint density at radius 3 is 1.68 bits per heavy atom. The average molecular weight is 744 g/mol. The van der Waals surface area contributed by atoms with Crippen LogP contribution >= 0.6 is 11.3 Å². The summed E-state index contributed by atoms with van der Waals surface area (Å²) >= 11 is 1.85. The van der Waals surface area contributed by atoms with E-state index < -0.39 is 0 Å². The summed E-state index contributed by atoms with van der Waals surface area (Å²) in [4.78, 5) is 14.9. The Hall–Kier alpha value is -7.27. The monoisotopic (exact) mass is 743 g/mol. The summed E-state index contributed by atoms with van der Waals surface area (Å²) < 4.78 is 2.63. The van der Waals surface area contributed by atoms with E-state index in [2.05, 4.69) is 187 Å². The number of fused-ring (bicyclic) bond motifs is 6. The summed E-state index contributed by atoms with van der Waals surface area (Å²) in [6.45, 7) is 0. The second-order valence-electron chi connectivity index (χ2n) is 14.4. The van der Waals surface area contributed by atoms with Gasteiger partial charge in [0, 0.05) is 54.8 Å². The van der Waals surface area contributed by atoms with Crippen molar-refractivity contribution in [1.82, 2.24) is 15.0 Å². The third-order valence-corrected chi connectivity index (χ3v) is 12.2. The van der Waals surface area contributed by atoms with Crippen LogP contribution in [0.4, 0.5) is 0 Å². The summed E-state index contributed by atoms with van der Waals surface area (Å²) in [6.07, 6.45) is 3.70. The van der Waals surface area contributed by atoms with Gasteiger partial charge < -0.3 is 0 Å². The SMILES string of the molecule is c1cncc(-c2ccccc2-c2nc(-c3ccc(-c4ccc5sc6ccccc6c5c4)cc3)cc(-c3ccc(-c4cc5ccccc5c5ccccc45)cc3)n2)c1. The maximum Gasteiger partial charge on any atom is 0.161 e. The number of pyridine rings is 1. The van der Waals surface area contributed by atoms with E-state index in [1.54, 1.807) is 6.20 Å². The minimum atomic E-state index is 0.672. The van der Waals surface area contributed by atoms with Gasteiger partial charge in [-0.3, -0.25) is 4.98 Å². The summed E-state index contributed by atoms with van der Waals surface area (Å²) in [5.74, 6) is 0.672. The molecule has 4 heteroatoms. The predicted octanol–water partition coefficient (Wildman–Crippen LogP) is 14.5. The fourth-order valence-corrected chi connectivity index (χ4v) is 9.25. The minimum absolute atomic E-state index is 0.672. The van der Waals surface area contributed by atoms with Crippen molar-refractivity contribution in [2.24, 2.45) is 0 Å². The van der Waals surface area contributed by atoms with E-state index in [-0.39, 0.29) is 0 Å². The van der Waals surface area contributed by atoms with Crippen molar-refractivity contribution in [2.75, 3.05) is 0 Å². The van der Waals surface area contributed by atoms with Gasteiger partial charge in [-0.15, -0.1) is 11.3 Å². The van der Waals surface area contributed by atoms with Gasteiger partial charge in [0.2, 0.25) is 0 Å². The highest BCUT2D eigenvalue weighted by molar-refractivity contribution is 7.25. The molecule has 3 aromatic heterocycles. The molecule has 0 aliphatic carbocycles. The van der Waals surface area contributed by atoms with Crippen molar-refractivity contribution in [2.45, 2.75) is 0 Å². The molecule has 11 aromatic rings. The van der Waals surface area contributed by atoms with Gasteiger partial charge in [-0.05, 0) is 85.8 Å². The molecule has 0 saturated carbocycles. The number of hydrogen-bond acceptors (Lipinski definition) is 4. The molecule has 0 atom stereocenters. The largest absolute Gasteiger partial charge is 0.264 e. The van der Waals surface area contributed by atoms with Gasteiger partial charge in [0.05, 0.1) is 11.4 Å². The van der Waals surface area contributed by atoms with E-state index in [1.807, 2.05) is 23.6 Å². The summed E-state index contributed by atoms with van der Waals surface area (Å²) in [5.41, 5.74) is 11.6. The average Bonchev–Trinajstić information content (AvgIpc) is 3.67. The van der Waals surface area contributed by atoms with Gasteiger partial charge in [-0.2, -0.15) is 0 Å². The smallest absolute Gasteiger partial charge is 0.161 e. The van der Waals surface area contributed by atoms with Crippen LogP contribution in [0.25, 0.3) is 109 Å². The van der Waals surface area contributed by atoms with E-state index in [4.69, 9.17) is 9.97 Å². The van der Waals surface area contributed by atoms with Crippen molar-refractivity contribution in [3.8, 4) is 67.3 Å². The van der Waals surface area contributed by atoms with Crippen LogP contribution in [-0.2, 0) is 0 Å². The zero-order valence-electron chi connectivity index (χ0n) is 30.8. The summed E-state index contributed by atoms with van der Waals surface area (Å²) in [7, 11) is 0. The lowest BCUT2D eigenvalue weighted by molar-refractivity contribution is 1.18. The van der Waals surface area contributed by atoms with Crippen LogP contribution in [0.5, 0.6) is 0 Å². The van der Waals surface area contributed by atoms with E-state index in [1.165, 1.54) is 64.0 Å². The van der Waals surface area contributed by atoms with Crippen LogP contribution < -0.4 is 0 Å². The zero-order chi connectivity index (χ0) is 37.7. The zero-order valence-corrected chi connectivity index (χ0v) is 31.6. The van der Waals surface area contributed by atoms with Crippen molar-refractivity contribution in [1.29, 1.82) is 0 Å². The normalized spacial score (nSPS) is 11.5. The molecular formula is C53H33N3S. The Balaban J connectivity index is 1.02. The Kier molecular flexibility index (Phi) is 8.01. The molecule has 3 nitrogen and oxygen atoms in total. The first kappa shape index (κ1) is 33.1. The summed E-state index contributed by atoms with van der Waals surface area (Å²) in [6, 6.07) is 67.2. The molecule has 0 radical (unpaired) electrons. The molecule has 11 rings (SSSR count). The number of hydrogen-bond donors (Lipinski definition) is 0. The van der Waals surface area contributed by atoms with Crippen LogP contribution in [0.1, 0.15) is 0 Å². The fraction of sp³-hybridized carbons (Fsp3) is 0. The topological polar surface area (TPSA) is 38.7 Å². The molecule has 0 bridgehead atoms. The van der Waals surface area contributed by atoms with Crippen molar-refractivity contribution in [3.05, 3.63) is 200 Å². The Bertz CT molecular complexity index is 3280. The maximum absolute atomic E-state index is 5.26. The minimum Gasteiger partial charge on any atom is -0.264 e. The quantitative estimate of drug-likeness (QED) is 0.159. The fourth-order valence-electron chi connectivity index (χ4n) is 8.17. The second-order valence-corrected chi connectivity index (χ2v) is 15.5. The summed E-state index contributed by atoms with van der Waals surface area (Å²) in [5, 5.41) is 7.62. The number of nitrogens with zero attached hydrogens (tertiary/aromatic N) is 3. The van der Waals surface area contributed by atoms with Gasteiger partial charge in [0.25, 0.3) is 0 Å². The molecule has 0 N–H and O–H groups in total. The lowest BCUT2D eigenvalue weighted by Crippen LogP contribution is -1.97.